The van der Waals surface area contributed by atoms with Crippen molar-refractivity contribution in [1.29, 1.82) is 0 Å². The summed E-state index contributed by atoms with van der Waals surface area (Å²) in [5.41, 5.74) is 5.77. The maximum absolute atomic E-state index is 8.83. The molecule has 1 aliphatic rings. The van der Waals surface area contributed by atoms with Gasteiger partial charge in [-0.15, -0.1) is 0 Å². The molecule has 0 aliphatic heterocycles. The van der Waals surface area contributed by atoms with Crippen LogP contribution >= 0.6 is 0 Å². The van der Waals surface area contributed by atoms with Crippen LogP contribution in [0, 0.1) is 5.92 Å². The summed E-state index contributed by atoms with van der Waals surface area (Å²) in [5.74, 6) is 0.689. The van der Waals surface area contributed by atoms with E-state index in [0.717, 1.165) is 26.1 Å². The minimum Gasteiger partial charge on any atom is -0.396 e. The zero-order chi connectivity index (χ0) is 10.4. The van der Waals surface area contributed by atoms with Crippen LogP contribution in [-0.4, -0.2) is 42.3 Å². The molecule has 3 N–H and O–H groups in total. The summed E-state index contributed by atoms with van der Waals surface area (Å²) in [6.45, 7) is 5.43. The smallest absolute Gasteiger partial charge is 0.0443 e. The average Bonchev–Trinajstić information content (AvgIpc) is 2.67. The monoisotopic (exact) mass is 200 g/mol. The number of hydrogen-bond acceptors (Lipinski definition) is 3. The zero-order valence-corrected chi connectivity index (χ0v) is 9.28. The fourth-order valence-corrected chi connectivity index (χ4v) is 2.61. The molecule has 1 rings (SSSR count). The highest BCUT2D eigenvalue weighted by molar-refractivity contribution is 4.85. The van der Waals surface area contributed by atoms with Gasteiger partial charge in [-0.1, -0.05) is 13.3 Å². The van der Waals surface area contributed by atoms with Gasteiger partial charge in [-0.2, -0.15) is 0 Å². The summed E-state index contributed by atoms with van der Waals surface area (Å²) < 4.78 is 0. The van der Waals surface area contributed by atoms with Gasteiger partial charge in [0.2, 0.25) is 0 Å². The molecule has 84 valence electrons. The molecular weight excluding hydrogens is 176 g/mol. The molecule has 1 saturated carbocycles. The first kappa shape index (κ1) is 12.0. The number of nitrogens with zero attached hydrogens (tertiary/aromatic N) is 1. The van der Waals surface area contributed by atoms with Crippen LogP contribution in [-0.2, 0) is 0 Å². The molecule has 0 aromatic heterocycles. The van der Waals surface area contributed by atoms with E-state index in [4.69, 9.17) is 10.8 Å². The molecule has 3 nitrogen and oxygen atoms in total. The van der Waals surface area contributed by atoms with Gasteiger partial charge in [-0.3, -0.25) is 0 Å². The second kappa shape index (κ2) is 6.38. The zero-order valence-electron chi connectivity index (χ0n) is 9.28. The van der Waals surface area contributed by atoms with Gasteiger partial charge in [0.15, 0.2) is 0 Å². The third kappa shape index (κ3) is 2.94. The Morgan fingerprint density at radius 2 is 2.21 bits per heavy atom. The highest BCUT2D eigenvalue weighted by Gasteiger charge is 2.29. The lowest BCUT2D eigenvalue weighted by molar-refractivity contribution is 0.154. The third-order valence-corrected chi connectivity index (χ3v) is 3.40. The normalized spacial score (nSPS) is 27.4. The van der Waals surface area contributed by atoms with Crippen molar-refractivity contribution in [2.75, 3.05) is 26.2 Å². The molecule has 0 spiro atoms. The Labute approximate surface area is 87.3 Å². The van der Waals surface area contributed by atoms with E-state index >= 15 is 0 Å². The summed E-state index contributed by atoms with van der Waals surface area (Å²) in [6, 6.07) is 0.677. The fourth-order valence-electron chi connectivity index (χ4n) is 2.61. The molecule has 2 unspecified atom stereocenters. The van der Waals surface area contributed by atoms with Gasteiger partial charge in [0, 0.05) is 19.2 Å². The summed E-state index contributed by atoms with van der Waals surface area (Å²) in [7, 11) is 0. The first-order chi connectivity index (χ1) is 6.83. The maximum Gasteiger partial charge on any atom is 0.0443 e. The van der Waals surface area contributed by atoms with E-state index < -0.39 is 0 Å². The van der Waals surface area contributed by atoms with Crippen molar-refractivity contribution >= 4 is 0 Å². The predicted octanol–water partition coefficient (Wildman–Crippen LogP) is 0.818. The Balaban J connectivity index is 2.41. The third-order valence-electron chi connectivity index (χ3n) is 3.40. The molecule has 14 heavy (non-hydrogen) atoms. The van der Waals surface area contributed by atoms with E-state index in [-0.39, 0.29) is 0 Å². The lowest BCUT2D eigenvalue weighted by atomic mass is 10.0. The van der Waals surface area contributed by atoms with Crippen molar-refractivity contribution in [3.8, 4) is 0 Å². The van der Waals surface area contributed by atoms with Crippen molar-refractivity contribution in [2.45, 2.75) is 38.6 Å². The molecule has 1 fully saturated rings. The van der Waals surface area contributed by atoms with E-state index in [1.54, 1.807) is 0 Å². The van der Waals surface area contributed by atoms with Crippen molar-refractivity contribution in [1.82, 2.24) is 4.90 Å². The maximum atomic E-state index is 8.83. The van der Waals surface area contributed by atoms with E-state index in [9.17, 15) is 0 Å². The van der Waals surface area contributed by atoms with Gasteiger partial charge in [-0.05, 0) is 38.3 Å². The van der Waals surface area contributed by atoms with Gasteiger partial charge >= 0.3 is 0 Å². The molecule has 3 heteroatoms. The molecule has 0 radical (unpaired) electrons. The van der Waals surface area contributed by atoms with Crippen LogP contribution in [0.4, 0.5) is 0 Å². The van der Waals surface area contributed by atoms with E-state index in [2.05, 4.69) is 11.8 Å². The summed E-state index contributed by atoms with van der Waals surface area (Å²) in [6.07, 6.45) is 4.79. The Kier molecular flexibility index (Phi) is 5.45. The quantitative estimate of drug-likeness (QED) is 0.667. The second-order valence-corrected chi connectivity index (χ2v) is 4.20. The Morgan fingerprint density at radius 1 is 1.43 bits per heavy atom. The largest absolute Gasteiger partial charge is 0.396 e. The SMILES string of the molecule is CCN(CCCO)C1CCCC1CN. The van der Waals surface area contributed by atoms with Crippen molar-refractivity contribution < 1.29 is 5.11 Å². The van der Waals surface area contributed by atoms with Gasteiger partial charge in [0.25, 0.3) is 0 Å². The van der Waals surface area contributed by atoms with Gasteiger partial charge in [0.1, 0.15) is 0 Å². The fraction of sp³-hybridized carbons (Fsp3) is 1.00. The van der Waals surface area contributed by atoms with Crippen molar-refractivity contribution in [3.05, 3.63) is 0 Å². The van der Waals surface area contributed by atoms with Crippen LogP contribution in [0.5, 0.6) is 0 Å². The number of nitrogens with two attached hydrogens (primary N) is 1. The Bertz CT molecular complexity index is 152. The lowest BCUT2D eigenvalue weighted by Gasteiger charge is -2.31. The highest BCUT2D eigenvalue weighted by Crippen LogP contribution is 2.29. The summed E-state index contributed by atoms with van der Waals surface area (Å²) in [5, 5.41) is 8.83. The van der Waals surface area contributed by atoms with E-state index in [1.165, 1.54) is 19.3 Å². The molecule has 0 saturated heterocycles. The summed E-state index contributed by atoms with van der Waals surface area (Å²) in [4.78, 5) is 2.49. The van der Waals surface area contributed by atoms with Crippen LogP contribution < -0.4 is 5.73 Å². The molecule has 0 heterocycles. The highest BCUT2D eigenvalue weighted by atomic mass is 16.3. The second-order valence-electron chi connectivity index (χ2n) is 4.20. The van der Waals surface area contributed by atoms with Crippen LogP contribution in [0.2, 0.25) is 0 Å². The molecule has 0 bridgehead atoms. The lowest BCUT2D eigenvalue weighted by Crippen LogP contribution is -2.41. The first-order valence-electron chi connectivity index (χ1n) is 5.88. The van der Waals surface area contributed by atoms with Gasteiger partial charge in [-0.25, -0.2) is 0 Å². The van der Waals surface area contributed by atoms with Crippen LogP contribution in [0.3, 0.4) is 0 Å². The number of rotatable bonds is 6. The first-order valence-corrected chi connectivity index (χ1v) is 5.88. The van der Waals surface area contributed by atoms with E-state index in [0.29, 0.717) is 18.6 Å². The van der Waals surface area contributed by atoms with Crippen LogP contribution in [0.1, 0.15) is 32.6 Å². The summed E-state index contributed by atoms with van der Waals surface area (Å²) >= 11 is 0. The van der Waals surface area contributed by atoms with Crippen molar-refractivity contribution in [3.63, 3.8) is 0 Å². The predicted molar refractivity (Wildman–Crippen MR) is 59.1 cm³/mol. The molecular formula is C11H24N2O. The van der Waals surface area contributed by atoms with E-state index in [1.807, 2.05) is 0 Å². The molecule has 2 atom stereocenters. The average molecular weight is 200 g/mol. The number of hydrogen-bond donors (Lipinski definition) is 2. The minimum absolute atomic E-state index is 0.302. The Hall–Kier alpha value is -0.120. The number of aliphatic hydroxyl groups excluding tert-OH is 1. The molecule has 0 amide bonds. The van der Waals surface area contributed by atoms with Gasteiger partial charge in [0.05, 0.1) is 0 Å². The topological polar surface area (TPSA) is 49.5 Å². The molecule has 0 aromatic carbocycles. The number of aliphatic hydroxyl groups is 1. The minimum atomic E-state index is 0.302. The molecule has 0 aromatic rings. The van der Waals surface area contributed by atoms with Crippen LogP contribution in [0.25, 0.3) is 0 Å². The van der Waals surface area contributed by atoms with Crippen molar-refractivity contribution in [2.24, 2.45) is 11.7 Å². The Morgan fingerprint density at radius 3 is 2.79 bits per heavy atom. The van der Waals surface area contributed by atoms with Crippen LogP contribution in [0.15, 0.2) is 0 Å². The standard InChI is InChI=1S/C11H24N2O/c1-2-13(7-4-8-14)11-6-3-5-10(11)9-12/h10-11,14H,2-9,12H2,1H3. The van der Waals surface area contributed by atoms with Gasteiger partial charge < -0.3 is 15.7 Å². The molecule has 1 aliphatic carbocycles.